The van der Waals surface area contributed by atoms with Gasteiger partial charge in [0.15, 0.2) is 0 Å². The van der Waals surface area contributed by atoms with E-state index in [1.807, 2.05) is 63.5 Å². The number of aromatic nitrogens is 3. The molecule has 1 aliphatic rings. The summed E-state index contributed by atoms with van der Waals surface area (Å²) >= 11 is 0. The third-order valence-corrected chi connectivity index (χ3v) is 6.56. The number of aryl methyl sites for hydroxylation is 1. The van der Waals surface area contributed by atoms with Crippen LogP contribution in [0.25, 0.3) is 5.69 Å². The second-order valence-electron chi connectivity index (χ2n) is 10.5. The molecule has 2 aromatic heterocycles. The van der Waals surface area contributed by atoms with E-state index in [2.05, 4.69) is 21.8 Å². The fourth-order valence-corrected chi connectivity index (χ4v) is 4.27. The van der Waals surface area contributed by atoms with Gasteiger partial charge in [0.05, 0.1) is 0 Å². The molecule has 0 N–H and O–H groups in total. The van der Waals surface area contributed by atoms with Gasteiger partial charge in [-0.05, 0) is 35.7 Å². The molecule has 1 aromatic carbocycles. The summed E-state index contributed by atoms with van der Waals surface area (Å²) in [6.07, 6.45) is 9.80. The first-order valence-electron chi connectivity index (χ1n) is 12.8. The summed E-state index contributed by atoms with van der Waals surface area (Å²) in [5.41, 5.74) is 2.36. The standard InChI is InChI=1S/C29H36N4O3/c1-5-6-22-19-30-28(31-20-22)32-14-11-24(12-15-32)36-25-13-16-33(27(35)18-25)23-9-7-21(8-10-23)17-26(34)29(2,3)4/h7-10,13,16,18-20,24H,5-6,11-12,14-15,17H2,1-4H3. The molecule has 0 unspecified atom stereocenters. The molecule has 0 radical (unpaired) electrons. The summed E-state index contributed by atoms with van der Waals surface area (Å²) in [6, 6.07) is 10.9. The number of Topliss-reactive ketones (excluding diaryl/α,β-unsaturated/α-hetero) is 1. The first kappa shape index (κ1) is 25.6. The quantitative estimate of drug-likeness (QED) is 0.454. The van der Waals surface area contributed by atoms with Crippen molar-refractivity contribution >= 4 is 11.7 Å². The van der Waals surface area contributed by atoms with Crippen molar-refractivity contribution in [1.82, 2.24) is 14.5 Å². The van der Waals surface area contributed by atoms with E-state index in [0.29, 0.717) is 12.2 Å². The van der Waals surface area contributed by atoms with E-state index in [-0.39, 0.29) is 22.9 Å². The van der Waals surface area contributed by atoms with Crippen LogP contribution < -0.4 is 15.2 Å². The molecule has 0 saturated carbocycles. The molecule has 0 atom stereocenters. The van der Waals surface area contributed by atoms with Crippen molar-refractivity contribution in [1.29, 1.82) is 0 Å². The van der Waals surface area contributed by atoms with Gasteiger partial charge in [0.1, 0.15) is 17.6 Å². The zero-order chi connectivity index (χ0) is 25.7. The molecule has 0 spiro atoms. The molecule has 1 aliphatic heterocycles. The Bertz CT molecular complexity index is 1220. The highest BCUT2D eigenvalue weighted by Gasteiger charge is 2.23. The van der Waals surface area contributed by atoms with Crippen molar-refractivity contribution in [2.75, 3.05) is 18.0 Å². The number of carbonyl (C=O) groups is 1. The minimum Gasteiger partial charge on any atom is -0.490 e. The smallest absolute Gasteiger partial charge is 0.258 e. The molecule has 1 saturated heterocycles. The highest BCUT2D eigenvalue weighted by atomic mass is 16.5. The van der Waals surface area contributed by atoms with Crippen LogP contribution >= 0.6 is 0 Å². The van der Waals surface area contributed by atoms with Gasteiger partial charge >= 0.3 is 0 Å². The van der Waals surface area contributed by atoms with Gasteiger partial charge in [-0.15, -0.1) is 0 Å². The number of hydrogen-bond acceptors (Lipinski definition) is 6. The lowest BCUT2D eigenvalue weighted by Crippen LogP contribution is -2.39. The molecule has 190 valence electrons. The molecule has 7 heteroatoms. The zero-order valence-corrected chi connectivity index (χ0v) is 21.7. The van der Waals surface area contributed by atoms with Crippen LogP contribution in [0.2, 0.25) is 0 Å². The fourth-order valence-electron chi connectivity index (χ4n) is 4.27. The van der Waals surface area contributed by atoms with E-state index < -0.39 is 0 Å². The lowest BCUT2D eigenvalue weighted by atomic mass is 9.87. The molecule has 4 rings (SSSR count). The van der Waals surface area contributed by atoms with Gasteiger partial charge in [-0.25, -0.2) is 9.97 Å². The maximum Gasteiger partial charge on any atom is 0.258 e. The Hall–Kier alpha value is -3.48. The molecule has 0 bridgehead atoms. The molecule has 7 nitrogen and oxygen atoms in total. The number of hydrogen-bond donors (Lipinski definition) is 0. The van der Waals surface area contributed by atoms with Crippen LogP contribution in [0.4, 0.5) is 5.95 Å². The average molecular weight is 489 g/mol. The number of benzene rings is 1. The SMILES string of the molecule is CCCc1cnc(N2CCC(Oc3ccn(-c4ccc(CC(=O)C(C)(C)C)cc4)c(=O)c3)CC2)nc1. The third kappa shape index (κ3) is 6.39. The molecule has 36 heavy (non-hydrogen) atoms. The van der Waals surface area contributed by atoms with Crippen LogP contribution in [0.1, 0.15) is 58.1 Å². The van der Waals surface area contributed by atoms with Gasteiger partial charge in [0.2, 0.25) is 5.95 Å². The predicted molar refractivity (Wildman–Crippen MR) is 142 cm³/mol. The summed E-state index contributed by atoms with van der Waals surface area (Å²) < 4.78 is 7.73. The molecule has 3 aromatic rings. The lowest BCUT2D eigenvalue weighted by molar-refractivity contribution is -0.125. The summed E-state index contributed by atoms with van der Waals surface area (Å²) in [6.45, 7) is 9.57. The summed E-state index contributed by atoms with van der Waals surface area (Å²) in [4.78, 5) is 36.3. The summed E-state index contributed by atoms with van der Waals surface area (Å²) in [5.74, 6) is 1.55. The Labute approximate surface area is 213 Å². The Morgan fingerprint density at radius 2 is 1.69 bits per heavy atom. The molecule has 0 amide bonds. The number of rotatable bonds is 8. The second-order valence-corrected chi connectivity index (χ2v) is 10.5. The van der Waals surface area contributed by atoms with Crippen LogP contribution in [0, 0.1) is 5.41 Å². The monoisotopic (exact) mass is 488 g/mol. The van der Waals surface area contributed by atoms with E-state index in [9.17, 15) is 9.59 Å². The van der Waals surface area contributed by atoms with Gasteiger partial charge in [-0.3, -0.25) is 14.2 Å². The first-order chi connectivity index (χ1) is 17.2. The van der Waals surface area contributed by atoms with Crippen molar-refractivity contribution in [3.8, 4) is 11.4 Å². The van der Waals surface area contributed by atoms with Gasteiger partial charge < -0.3 is 9.64 Å². The number of pyridine rings is 1. The minimum atomic E-state index is -0.365. The van der Waals surface area contributed by atoms with Gasteiger partial charge in [-0.2, -0.15) is 0 Å². The second kappa shape index (κ2) is 11.1. The normalized spacial score (nSPS) is 14.6. The van der Waals surface area contributed by atoms with E-state index in [1.54, 1.807) is 16.8 Å². The van der Waals surface area contributed by atoms with Crippen molar-refractivity contribution < 1.29 is 9.53 Å². The molecule has 1 fully saturated rings. The van der Waals surface area contributed by atoms with Crippen LogP contribution in [0.3, 0.4) is 0 Å². The Balaban J connectivity index is 1.33. The van der Waals surface area contributed by atoms with Crippen molar-refractivity contribution in [3.63, 3.8) is 0 Å². The molecular weight excluding hydrogens is 452 g/mol. The average Bonchev–Trinajstić information content (AvgIpc) is 2.85. The number of carbonyl (C=O) groups excluding carboxylic acids is 1. The van der Waals surface area contributed by atoms with E-state index >= 15 is 0 Å². The van der Waals surface area contributed by atoms with Gasteiger partial charge in [0.25, 0.3) is 5.56 Å². The van der Waals surface area contributed by atoms with Crippen LogP contribution in [-0.4, -0.2) is 39.5 Å². The highest BCUT2D eigenvalue weighted by Crippen LogP contribution is 2.22. The maximum atomic E-state index is 12.8. The van der Waals surface area contributed by atoms with Gasteiger partial charge in [0, 0.05) is 68.1 Å². The molecule has 3 heterocycles. The number of nitrogens with zero attached hydrogens (tertiary/aromatic N) is 4. The zero-order valence-electron chi connectivity index (χ0n) is 21.7. The number of ether oxygens (including phenoxy) is 1. The largest absolute Gasteiger partial charge is 0.490 e. The predicted octanol–water partition coefficient (Wildman–Crippen LogP) is 4.79. The number of ketones is 1. The van der Waals surface area contributed by atoms with Crippen LogP contribution in [-0.2, 0) is 17.6 Å². The van der Waals surface area contributed by atoms with E-state index in [1.165, 1.54) is 5.56 Å². The number of piperidine rings is 1. The lowest BCUT2D eigenvalue weighted by Gasteiger charge is -2.32. The maximum absolute atomic E-state index is 12.8. The Morgan fingerprint density at radius 1 is 1.03 bits per heavy atom. The van der Waals surface area contributed by atoms with Crippen molar-refractivity contribution in [2.45, 2.75) is 65.9 Å². The minimum absolute atomic E-state index is 0.0514. The van der Waals surface area contributed by atoms with Gasteiger partial charge in [-0.1, -0.05) is 46.2 Å². The Morgan fingerprint density at radius 3 is 2.28 bits per heavy atom. The Kier molecular flexibility index (Phi) is 7.87. The molecular formula is C29H36N4O3. The van der Waals surface area contributed by atoms with Crippen molar-refractivity contribution in [3.05, 3.63) is 76.5 Å². The highest BCUT2D eigenvalue weighted by molar-refractivity contribution is 5.85. The number of anilines is 1. The first-order valence-corrected chi connectivity index (χ1v) is 12.8. The van der Waals surface area contributed by atoms with Crippen LogP contribution in [0.5, 0.6) is 5.75 Å². The van der Waals surface area contributed by atoms with Crippen LogP contribution in [0.15, 0.2) is 59.8 Å². The van der Waals surface area contributed by atoms with E-state index in [4.69, 9.17) is 4.74 Å². The topological polar surface area (TPSA) is 77.3 Å². The third-order valence-electron chi connectivity index (χ3n) is 6.56. The fraction of sp³-hybridized carbons (Fsp3) is 0.448. The van der Waals surface area contributed by atoms with E-state index in [0.717, 1.165) is 56.0 Å². The summed E-state index contributed by atoms with van der Waals surface area (Å²) in [5, 5.41) is 0. The summed E-state index contributed by atoms with van der Waals surface area (Å²) in [7, 11) is 0. The van der Waals surface area contributed by atoms with Crippen molar-refractivity contribution in [2.24, 2.45) is 5.41 Å². The molecule has 0 aliphatic carbocycles.